The lowest BCUT2D eigenvalue weighted by molar-refractivity contribution is 0.0484. The molecular formula is C9H20N2O. The Labute approximate surface area is 75.3 Å². The minimum Gasteiger partial charge on any atom is -0.362 e. The molecule has 1 rings (SSSR count). The van der Waals surface area contributed by atoms with Crippen LogP contribution in [0.15, 0.2) is 0 Å². The Kier molecular flexibility index (Phi) is 3.98. The van der Waals surface area contributed by atoms with Crippen molar-refractivity contribution in [3.8, 4) is 0 Å². The van der Waals surface area contributed by atoms with Crippen molar-refractivity contribution in [1.82, 2.24) is 9.80 Å². The Morgan fingerprint density at radius 1 is 1.50 bits per heavy atom. The Morgan fingerprint density at radius 3 is 2.75 bits per heavy atom. The molecule has 1 saturated heterocycles. The first kappa shape index (κ1) is 9.96. The summed E-state index contributed by atoms with van der Waals surface area (Å²) in [6.45, 7) is 6.48. The molecule has 0 spiro atoms. The molecule has 0 aromatic rings. The maximum atomic E-state index is 5.44. The van der Waals surface area contributed by atoms with E-state index in [-0.39, 0.29) is 0 Å². The predicted octanol–water partition coefficient (Wildman–Crippen LogP) is 0.616. The summed E-state index contributed by atoms with van der Waals surface area (Å²) in [5.74, 6) is 0. The van der Waals surface area contributed by atoms with Gasteiger partial charge in [-0.1, -0.05) is 0 Å². The van der Waals surface area contributed by atoms with E-state index in [0.29, 0.717) is 6.23 Å². The summed E-state index contributed by atoms with van der Waals surface area (Å²) in [6.07, 6.45) is 1.58. The Morgan fingerprint density at radius 2 is 2.25 bits per heavy atom. The lowest BCUT2D eigenvalue weighted by Gasteiger charge is -2.19. The van der Waals surface area contributed by atoms with Crippen LogP contribution in [0, 0.1) is 0 Å². The molecule has 0 aliphatic carbocycles. The molecule has 0 radical (unpaired) electrons. The van der Waals surface area contributed by atoms with Crippen molar-refractivity contribution in [3.63, 3.8) is 0 Å². The first-order valence-electron chi connectivity index (χ1n) is 4.70. The summed E-state index contributed by atoms with van der Waals surface area (Å²) in [7, 11) is 4.23. The fraction of sp³-hybridized carbons (Fsp3) is 1.00. The minimum atomic E-state index is 0.340. The average Bonchev–Trinajstić information content (AvgIpc) is 2.36. The molecule has 0 bridgehead atoms. The lowest BCUT2D eigenvalue weighted by atomic mass is 10.3. The summed E-state index contributed by atoms with van der Waals surface area (Å²) in [5, 5.41) is 0. The van der Waals surface area contributed by atoms with Crippen LogP contribution in [0.1, 0.15) is 13.3 Å². The van der Waals surface area contributed by atoms with Crippen molar-refractivity contribution < 1.29 is 4.74 Å². The van der Waals surface area contributed by atoms with Crippen LogP contribution in [-0.2, 0) is 4.74 Å². The highest BCUT2D eigenvalue weighted by atomic mass is 16.5. The van der Waals surface area contributed by atoms with Gasteiger partial charge >= 0.3 is 0 Å². The van der Waals surface area contributed by atoms with Crippen LogP contribution in [0.4, 0.5) is 0 Å². The third-order valence-electron chi connectivity index (χ3n) is 2.30. The molecule has 0 N–H and O–H groups in total. The zero-order chi connectivity index (χ0) is 8.97. The van der Waals surface area contributed by atoms with Crippen molar-refractivity contribution >= 4 is 0 Å². The van der Waals surface area contributed by atoms with Gasteiger partial charge in [0.1, 0.15) is 6.23 Å². The molecule has 1 aliphatic heterocycles. The molecule has 3 nitrogen and oxygen atoms in total. The van der Waals surface area contributed by atoms with E-state index < -0.39 is 0 Å². The van der Waals surface area contributed by atoms with Crippen LogP contribution >= 0.6 is 0 Å². The van der Waals surface area contributed by atoms with Gasteiger partial charge in [-0.25, -0.2) is 0 Å². The largest absolute Gasteiger partial charge is 0.362 e. The Hall–Kier alpha value is -0.120. The van der Waals surface area contributed by atoms with E-state index in [0.717, 1.165) is 13.2 Å². The highest BCUT2D eigenvalue weighted by Crippen LogP contribution is 2.08. The van der Waals surface area contributed by atoms with Crippen molar-refractivity contribution in [2.24, 2.45) is 0 Å². The van der Waals surface area contributed by atoms with Gasteiger partial charge in [-0.05, 0) is 34.0 Å². The van der Waals surface area contributed by atoms with Crippen LogP contribution in [-0.4, -0.2) is 56.4 Å². The Balaban J connectivity index is 2.06. The highest BCUT2D eigenvalue weighted by molar-refractivity contribution is 4.65. The fourth-order valence-corrected chi connectivity index (χ4v) is 1.51. The number of hydrogen-bond donors (Lipinski definition) is 0. The molecule has 0 aromatic heterocycles. The summed E-state index contributed by atoms with van der Waals surface area (Å²) in [6, 6.07) is 0. The zero-order valence-corrected chi connectivity index (χ0v) is 8.42. The molecule has 72 valence electrons. The van der Waals surface area contributed by atoms with E-state index in [2.05, 4.69) is 30.8 Å². The third kappa shape index (κ3) is 3.09. The molecule has 1 heterocycles. The second-order valence-electron chi connectivity index (χ2n) is 3.66. The van der Waals surface area contributed by atoms with Gasteiger partial charge in [0, 0.05) is 13.1 Å². The monoisotopic (exact) mass is 172 g/mol. The van der Waals surface area contributed by atoms with Gasteiger partial charge in [0.25, 0.3) is 0 Å². The SMILES string of the molecule is CC1OCCN1CCCN(C)C. The molecule has 1 fully saturated rings. The molecule has 3 heteroatoms. The van der Waals surface area contributed by atoms with Crippen molar-refractivity contribution in [2.45, 2.75) is 19.6 Å². The van der Waals surface area contributed by atoms with Gasteiger partial charge in [-0.2, -0.15) is 0 Å². The average molecular weight is 172 g/mol. The van der Waals surface area contributed by atoms with Crippen LogP contribution in [0.3, 0.4) is 0 Å². The van der Waals surface area contributed by atoms with Gasteiger partial charge in [0.15, 0.2) is 0 Å². The van der Waals surface area contributed by atoms with Crippen molar-refractivity contribution in [2.75, 3.05) is 40.3 Å². The standard InChI is InChI=1S/C9H20N2O/c1-9-11(7-8-12-9)6-4-5-10(2)3/h9H,4-8H2,1-3H3. The number of ether oxygens (including phenoxy) is 1. The normalized spacial score (nSPS) is 25.5. The molecule has 1 atom stereocenters. The van der Waals surface area contributed by atoms with Crippen LogP contribution < -0.4 is 0 Å². The van der Waals surface area contributed by atoms with E-state index >= 15 is 0 Å². The third-order valence-corrected chi connectivity index (χ3v) is 2.30. The molecule has 1 unspecified atom stereocenters. The summed E-state index contributed by atoms with van der Waals surface area (Å²) in [4.78, 5) is 4.62. The molecule has 0 amide bonds. The smallest absolute Gasteiger partial charge is 0.107 e. The maximum absolute atomic E-state index is 5.44. The maximum Gasteiger partial charge on any atom is 0.107 e. The summed E-state index contributed by atoms with van der Waals surface area (Å²) in [5.41, 5.74) is 0. The molecule has 0 aromatic carbocycles. The van der Waals surface area contributed by atoms with E-state index in [1.807, 2.05) is 0 Å². The number of hydrogen-bond acceptors (Lipinski definition) is 3. The second-order valence-corrected chi connectivity index (χ2v) is 3.66. The van der Waals surface area contributed by atoms with E-state index in [4.69, 9.17) is 4.74 Å². The van der Waals surface area contributed by atoms with Crippen LogP contribution in [0.25, 0.3) is 0 Å². The lowest BCUT2D eigenvalue weighted by Crippen LogP contribution is -2.30. The topological polar surface area (TPSA) is 15.7 Å². The summed E-state index contributed by atoms with van der Waals surface area (Å²) >= 11 is 0. The highest BCUT2D eigenvalue weighted by Gasteiger charge is 2.19. The predicted molar refractivity (Wildman–Crippen MR) is 50.2 cm³/mol. The first-order valence-corrected chi connectivity index (χ1v) is 4.70. The van der Waals surface area contributed by atoms with E-state index in [1.54, 1.807) is 0 Å². The first-order chi connectivity index (χ1) is 5.70. The van der Waals surface area contributed by atoms with Gasteiger partial charge in [-0.3, -0.25) is 4.90 Å². The van der Waals surface area contributed by atoms with Gasteiger partial charge in [-0.15, -0.1) is 0 Å². The number of rotatable bonds is 4. The Bertz CT molecular complexity index is 128. The van der Waals surface area contributed by atoms with Crippen LogP contribution in [0.2, 0.25) is 0 Å². The molecular weight excluding hydrogens is 152 g/mol. The molecule has 1 aliphatic rings. The quantitative estimate of drug-likeness (QED) is 0.618. The molecule has 12 heavy (non-hydrogen) atoms. The minimum absolute atomic E-state index is 0.340. The van der Waals surface area contributed by atoms with Crippen molar-refractivity contribution in [1.29, 1.82) is 0 Å². The fourth-order valence-electron chi connectivity index (χ4n) is 1.51. The van der Waals surface area contributed by atoms with Gasteiger partial charge in [0.2, 0.25) is 0 Å². The second kappa shape index (κ2) is 4.80. The van der Waals surface area contributed by atoms with Gasteiger partial charge < -0.3 is 9.64 Å². The molecule has 0 saturated carbocycles. The van der Waals surface area contributed by atoms with E-state index in [1.165, 1.54) is 19.5 Å². The van der Waals surface area contributed by atoms with E-state index in [9.17, 15) is 0 Å². The number of nitrogens with zero attached hydrogens (tertiary/aromatic N) is 2. The zero-order valence-electron chi connectivity index (χ0n) is 8.42. The van der Waals surface area contributed by atoms with Crippen LogP contribution in [0.5, 0.6) is 0 Å². The van der Waals surface area contributed by atoms with Crippen molar-refractivity contribution in [3.05, 3.63) is 0 Å². The summed E-state index contributed by atoms with van der Waals surface area (Å²) < 4.78 is 5.44. The van der Waals surface area contributed by atoms with Gasteiger partial charge in [0.05, 0.1) is 6.61 Å².